The predicted octanol–water partition coefficient (Wildman–Crippen LogP) is 1.85. The van der Waals surface area contributed by atoms with Gasteiger partial charge in [-0.05, 0) is 38.5 Å². The molecule has 0 fully saturated rings. The van der Waals surface area contributed by atoms with E-state index in [1.54, 1.807) is 12.1 Å². The van der Waals surface area contributed by atoms with Crippen molar-refractivity contribution in [1.82, 2.24) is 4.98 Å². The van der Waals surface area contributed by atoms with E-state index in [-0.39, 0.29) is 11.2 Å². The van der Waals surface area contributed by atoms with Crippen LogP contribution in [0.1, 0.15) is 48.3 Å². The van der Waals surface area contributed by atoms with Gasteiger partial charge in [-0.1, -0.05) is 13.3 Å². The zero-order valence-corrected chi connectivity index (χ0v) is 13.9. The summed E-state index contributed by atoms with van der Waals surface area (Å²) < 4.78 is 0. The van der Waals surface area contributed by atoms with Crippen LogP contribution in [0.3, 0.4) is 0 Å². The van der Waals surface area contributed by atoms with Crippen LogP contribution in [0.15, 0.2) is 23.0 Å². The number of quaternary nitrogens is 1. The van der Waals surface area contributed by atoms with E-state index >= 15 is 0 Å². The number of nitrogens with one attached hydrogen (secondary N) is 2. The highest BCUT2D eigenvalue weighted by molar-refractivity contribution is 5.97. The summed E-state index contributed by atoms with van der Waals surface area (Å²) >= 11 is 0. The molecule has 1 aromatic carbocycles. The van der Waals surface area contributed by atoms with Crippen LogP contribution < -0.4 is 10.3 Å². The first-order valence-electron chi connectivity index (χ1n) is 7.91. The number of hydrogen-bond acceptors (Lipinski definition) is 2. The fraction of sp³-hybridized carbons (Fsp3) is 0.444. The van der Waals surface area contributed by atoms with Gasteiger partial charge in [-0.25, -0.2) is 0 Å². The molecule has 0 aliphatic carbocycles. The lowest BCUT2D eigenvalue weighted by Crippen LogP contribution is -3.07. The number of ketones is 1. The Morgan fingerprint density at radius 1 is 1.32 bits per heavy atom. The third-order valence-electron chi connectivity index (χ3n) is 4.16. The lowest BCUT2D eigenvalue weighted by Gasteiger charge is -2.15. The first kappa shape index (κ1) is 16.4. The normalized spacial score (nSPS) is 12.5. The molecule has 0 aliphatic rings. The summed E-state index contributed by atoms with van der Waals surface area (Å²) in [6, 6.07) is 5.29. The Balaban J connectivity index is 2.46. The molecule has 1 aromatic heterocycles. The zero-order chi connectivity index (χ0) is 16.3. The van der Waals surface area contributed by atoms with E-state index in [0.29, 0.717) is 17.5 Å². The number of fused-ring (bicyclic) bond motifs is 1. The highest BCUT2D eigenvalue weighted by atomic mass is 16.1. The lowest BCUT2D eigenvalue weighted by molar-refractivity contribution is -0.894. The first-order chi connectivity index (χ1) is 10.4. The van der Waals surface area contributed by atoms with E-state index in [1.807, 2.05) is 13.0 Å². The molecule has 118 valence electrons. The molecule has 2 N–H and O–H groups in total. The van der Waals surface area contributed by atoms with Crippen LogP contribution in [0.25, 0.3) is 10.9 Å². The zero-order valence-electron chi connectivity index (χ0n) is 13.9. The molecule has 1 heterocycles. The van der Waals surface area contributed by atoms with Crippen LogP contribution in [0.4, 0.5) is 0 Å². The van der Waals surface area contributed by atoms with Gasteiger partial charge in [0.15, 0.2) is 11.2 Å². The van der Waals surface area contributed by atoms with Gasteiger partial charge in [0, 0.05) is 22.2 Å². The number of rotatable bonds is 6. The molecule has 4 heteroatoms. The Hall–Kier alpha value is -1.94. The van der Waals surface area contributed by atoms with Crippen LogP contribution in [-0.4, -0.2) is 24.4 Å². The second-order valence-corrected chi connectivity index (χ2v) is 6.11. The van der Waals surface area contributed by atoms with Crippen molar-refractivity contribution < 1.29 is 9.69 Å². The Bertz CT molecular complexity index is 747. The number of aromatic nitrogens is 1. The molecule has 0 aliphatic heterocycles. The predicted molar refractivity (Wildman–Crippen MR) is 89.7 cm³/mol. The Morgan fingerprint density at radius 2 is 2.05 bits per heavy atom. The van der Waals surface area contributed by atoms with E-state index < -0.39 is 0 Å². The number of Topliss-reactive ketones (excluding diaryl/α,β-unsaturated/α-hetero) is 1. The lowest BCUT2D eigenvalue weighted by atomic mass is 10.0. The highest BCUT2D eigenvalue weighted by Crippen LogP contribution is 2.14. The van der Waals surface area contributed by atoms with Crippen molar-refractivity contribution in [2.75, 3.05) is 13.6 Å². The second-order valence-electron chi connectivity index (χ2n) is 6.11. The molecule has 0 saturated heterocycles. The Kier molecular flexibility index (Phi) is 5.14. The van der Waals surface area contributed by atoms with Crippen LogP contribution >= 0.6 is 0 Å². The average molecular weight is 301 g/mol. The molecule has 0 saturated carbocycles. The first-order valence-corrected chi connectivity index (χ1v) is 7.91. The van der Waals surface area contributed by atoms with Gasteiger partial charge >= 0.3 is 0 Å². The van der Waals surface area contributed by atoms with E-state index in [0.717, 1.165) is 36.2 Å². The fourth-order valence-electron chi connectivity index (χ4n) is 2.75. The van der Waals surface area contributed by atoms with E-state index in [9.17, 15) is 9.59 Å². The Labute approximate surface area is 131 Å². The van der Waals surface area contributed by atoms with Gasteiger partial charge in [-0.2, -0.15) is 0 Å². The molecule has 4 nitrogen and oxygen atoms in total. The van der Waals surface area contributed by atoms with Crippen molar-refractivity contribution in [3.8, 4) is 0 Å². The molecule has 2 aromatic rings. The minimum absolute atomic E-state index is 0.0193. The molecule has 22 heavy (non-hydrogen) atoms. The van der Waals surface area contributed by atoms with E-state index in [2.05, 4.69) is 19.0 Å². The maximum Gasteiger partial charge on any atom is 0.198 e. The largest absolute Gasteiger partial charge is 0.358 e. The van der Waals surface area contributed by atoms with Gasteiger partial charge in [-0.3, -0.25) is 9.59 Å². The quantitative estimate of drug-likeness (QED) is 0.800. The maximum atomic E-state index is 12.8. The number of benzene rings is 1. The van der Waals surface area contributed by atoms with Crippen LogP contribution in [0, 0.1) is 6.92 Å². The summed E-state index contributed by atoms with van der Waals surface area (Å²) in [7, 11) is 2.12. The monoisotopic (exact) mass is 301 g/mol. The van der Waals surface area contributed by atoms with Gasteiger partial charge in [0.25, 0.3) is 0 Å². The van der Waals surface area contributed by atoms with Crippen molar-refractivity contribution in [3.63, 3.8) is 0 Å². The van der Waals surface area contributed by atoms with Gasteiger partial charge in [0.1, 0.15) is 6.54 Å². The van der Waals surface area contributed by atoms with Crippen molar-refractivity contribution in [3.05, 3.63) is 45.2 Å². The molecule has 2 rings (SSSR count). The van der Waals surface area contributed by atoms with Crippen LogP contribution in [0.5, 0.6) is 0 Å². The van der Waals surface area contributed by atoms with Crippen LogP contribution in [0.2, 0.25) is 0 Å². The van der Waals surface area contributed by atoms with Crippen molar-refractivity contribution >= 4 is 16.7 Å². The summed E-state index contributed by atoms with van der Waals surface area (Å²) in [6.07, 6.45) is 2.32. The fourth-order valence-corrected chi connectivity index (χ4v) is 2.75. The molecule has 1 unspecified atom stereocenters. The topological polar surface area (TPSA) is 54.4 Å². The molecule has 1 atom stereocenters. The van der Waals surface area contributed by atoms with Crippen LogP contribution in [-0.2, 0) is 6.54 Å². The SMILES string of the molecule is CCCC[NH+](C)Cc1c(C)[nH]c2ccc(C(C)=O)cc2c1=O. The molecule has 0 amide bonds. The highest BCUT2D eigenvalue weighted by Gasteiger charge is 2.14. The van der Waals surface area contributed by atoms with Gasteiger partial charge in [0.05, 0.1) is 19.2 Å². The number of hydrogen-bond donors (Lipinski definition) is 2. The minimum Gasteiger partial charge on any atom is -0.358 e. The van der Waals surface area contributed by atoms with Crippen molar-refractivity contribution in [2.45, 2.75) is 40.2 Å². The molecule has 0 radical (unpaired) electrons. The molecular weight excluding hydrogens is 276 g/mol. The number of aryl methyl sites for hydroxylation is 1. The number of unbranched alkanes of at least 4 members (excludes halogenated alkanes) is 1. The van der Waals surface area contributed by atoms with Gasteiger partial charge in [-0.15, -0.1) is 0 Å². The third-order valence-corrected chi connectivity index (χ3v) is 4.16. The minimum atomic E-state index is -0.0193. The summed E-state index contributed by atoms with van der Waals surface area (Å²) in [4.78, 5) is 29.0. The summed E-state index contributed by atoms with van der Waals surface area (Å²) in [5.74, 6) is -0.0193. The second kappa shape index (κ2) is 6.88. The number of carbonyl (C=O) groups is 1. The summed E-state index contributed by atoms with van der Waals surface area (Å²) in [6.45, 7) is 7.41. The Morgan fingerprint density at radius 3 is 2.68 bits per heavy atom. The summed E-state index contributed by atoms with van der Waals surface area (Å²) in [5, 5.41) is 0.608. The van der Waals surface area contributed by atoms with E-state index in [4.69, 9.17) is 0 Å². The number of carbonyl (C=O) groups excluding carboxylic acids is 1. The van der Waals surface area contributed by atoms with Crippen molar-refractivity contribution in [2.24, 2.45) is 0 Å². The maximum absolute atomic E-state index is 12.8. The number of H-pyrrole nitrogens is 1. The van der Waals surface area contributed by atoms with Gasteiger partial charge in [0.2, 0.25) is 0 Å². The van der Waals surface area contributed by atoms with E-state index in [1.165, 1.54) is 11.8 Å². The number of pyridine rings is 1. The summed E-state index contributed by atoms with van der Waals surface area (Å²) in [5.41, 5.74) is 3.16. The van der Waals surface area contributed by atoms with Crippen molar-refractivity contribution in [1.29, 1.82) is 0 Å². The molecule has 0 spiro atoms. The average Bonchev–Trinajstić information content (AvgIpc) is 2.49. The molecule has 0 bridgehead atoms. The third kappa shape index (κ3) is 3.45. The standard InChI is InChI=1S/C18H24N2O2/c1-5-6-9-20(4)11-16-12(2)19-17-8-7-14(13(3)21)10-15(17)18(16)22/h7-8,10H,5-6,9,11H2,1-4H3,(H,19,22)/p+1. The molecular formula is C18H25N2O2+. The number of aromatic amines is 1. The smallest absolute Gasteiger partial charge is 0.198 e. The van der Waals surface area contributed by atoms with Gasteiger partial charge < -0.3 is 9.88 Å².